The largest absolute Gasteiger partial charge is 0.465 e. The fraction of sp³-hybridized carbons (Fsp3) is 0.400. The first kappa shape index (κ1) is 12.1. The highest BCUT2D eigenvalue weighted by Crippen LogP contribution is 2.32. The summed E-state index contributed by atoms with van der Waals surface area (Å²) in [4.78, 5) is 16.4. The lowest BCUT2D eigenvalue weighted by molar-refractivity contribution is 0.196. The number of aromatic amines is 1. The molecule has 1 aliphatic carbocycles. The lowest BCUT2D eigenvalue weighted by Gasteiger charge is -2.32. The topological polar surface area (TPSA) is 56.3 Å². The number of aromatic nitrogens is 1. The molecule has 0 unspecified atom stereocenters. The zero-order valence-electron chi connectivity index (χ0n) is 10.8. The number of nitrogens with one attached hydrogen (secondary N) is 1. The average Bonchev–Trinajstić information content (AvgIpc) is 2.89. The molecular weight excluding hydrogens is 240 g/mol. The van der Waals surface area contributed by atoms with Gasteiger partial charge in [0.15, 0.2) is 0 Å². The van der Waals surface area contributed by atoms with Crippen molar-refractivity contribution in [1.29, 1.82) is 0 Å². The van der Waals surface area contributed by atoms with Gasteiger partial charge in [-0.15, -0.1) is 0 Å². The van der Waals surface area contributed by atoms with Crippen LogP contribution in [0.2, 0.25) is 0 Å². The van der Waals surface area contributed by atoms with E-state index < -0.39 is 6.09 Å². The van der Waals surface area contributed by atoms with Crippen LogP contribution >= 0.6 is 0 Å². The Balaban J connectivity index is 2.04. The molecule has 1 saturated carbocycles. The van der Waals surface area contributed by atoms with E-state index in [1.807, 2.05) is 30.5 Å². The van der Waals surface area contributed by atoms with Crippen LogP contribution in [-0.2, 0) is 0 Å². The Morgan fingerprint density at radius 2 is 2.00 bits per heavy atom. The van der Waals surface area contributed by atoms with Gasteiger partial charge in [0.1, 0.15) is 0 Å². The maximum atomic E-state index is 11.7. The minimum absolute atomic E-state index is 0.117. The summed E-state index contributed by atoms with van der Waals surface area (Å²) in [6, 6.07) is 7.85. The zero-order valence-corrected chi connectivity index (χ0v) is 10.8. The van der Waals surface area contributed by atoms with E-state index in [9.17, 15) is 9.90 Å². The molecule has 2 aromatic rings. The Kier molecular flexibility index (Phi) is 3.15. The first-order chi connectivity index (χ1) is 9.27. The summed E-state index contributed by atoms with van der Waals surface area (Å²) in [5.74, 6) is 0. The maximum Gasteiger partial charge on any atom is 0.412 e. The second-order valence-corrected chi connectivity index (χ2v) is 5.16. The summed E-state index contributed by atoms with van der Waals surface area (Å²) in [6.45, 7) is 0. The molecule has 0 bridgehead atoms. The van der Waals surface area contributed by atoms with Crippen molar-refractivity contribution in [2.45, 2.75) is 38.1 Å². The fourth-order valence-corrected chi connectivity index (χ4v) is 3.07. The predicted molar refractivity (Wildman–Crippen MR) is 75.7 cm³/mol. The first-order valence-electron chi connectivity index (χ1n) is 6.85. The predicted octanol–water partition coefficient (Wildman–Crippen LogP) is 3.99. The normalized spacial score (nSPS) is 16.6. The molecule has 0 radical (unpaired) electrons. The van der Waals surface area contributed by atoms with Crippen LogP contribution in [0.25, 0.3) is 10.9 Å². The number of hydrogen-bond acceptors (Lipinski definition) is 1. The van der Waals surface area contributed by atoms with Gasteiger partial charge in [-0.1, -0.05) is 25.3 Å². The molecular formula is C15H18N2O2. The van der Waals surface area contributed by atoms with Crippen LogP contribution in [0, 0.1) is 0 Å². The monoisotopic (exact) mass is 258 g/mol. The summed E-state index contributed by atoms with van der Waals surface area (Å²) in [7, 11) is 0. The highest BCUT2D eigenvalue weighted by Gasteiger charge is 2.27. The maximum absolute atomic E-state index is 11.7. The van der Waals surface area contributed by atoms with Crippen LogP contribution in [-0.4, -0.2) is 22.2 Å². The Morgan fingerprint density at radius 3 is 2.74 bits per heavy atom. The lowest BCUT2D eigenvalue weighted by Crippen LogP contribution is -2.40. The van der Waals surface area contributed by atoms with E-state index in [0.717, 1.165) is 42.3 Å². The molecule has 1 aromatic carbocycles. The molecule has 1 aromatic heterocycles. The van der Waals surface area contributed by atoms with Gasteiger partial charge in [0.05, 0.1) is 5.69 Å². The Labute approximate surface area is 112 Å². The van der Waals surface area contributed by atoms with Crippen molar-refractivity contribution in [2.75, 3.05) is 4.90 Å². The van der Waals surface area contributed by atoms with Crippen LogP contribution in [0.5, 0.6) is 0 Å². The molecule has 0 atom stereocenters. The zero-order chi connectivity index (χ0) is 13.2. The van der Waals surface area contributed by atoms with E-state index in [4.69, 9.17) is 0 Å². The van der Waals surface area contributed by atoms with Crippen LogP contribution in [0.15, 0.2) is 30.5 Å². The standard InChI is InChI=1S/C15H18N2O2/c18-15(19)17(11-5-2-1-3-6-11)14-8-4-7-13-12(14)9-10-16-13/h4,7-11,16H,1-3,5-6H2,(H,18,19). The third-order valence-corrected chi connectivity index (χ3v) is 3.98. The summed E-state index contributed by atoms with van der Waals surface area (Å²) >= 11 is 0. The molecule has 100 valence electrons. The number of anilines is 1. The summed E-state index contributed by atoms with van der Waals surface area (Å²) in [5.41, 5.74) is 1.79. The van der Waals surface area contributed by atoms with Crippen LogP contribution < -0.4 is 4.90 Å². The van der Waals surface area contributed by atoms with E-state index >= 15 is 0 Å². The molecule has 3 rings (SSSR count). The van der Waals surface area contributed by atoms with E-state index in [-0.39, 0.29) is 6.04 Å². The third-order valence-electron chi connectivity index (χ3n) is 3.98. The van der Waals surface area contributed by atoms with Crippen LogP contribution in [0.4, 0.5) is 10.5 Å². The van der Waals surface area contributed by atoms with Gasteiger partial charge in [-0.2, -0.15) is 0 Å². The number of benzene rings is 1. The van der Waals surface area contributed by atoms with Gasteiger partial charge in [-0.25, -0.2) is 4.79 Å². The minimum atomic E-state index is -0.847. The van der Waals surface area contributed by atoms with Crippen molar-refractivity contribution in [2.24, 2.45) is 0 Å². The Bertz CT molecular complexity index is 585. The van der Waals surface area contributed by atoms with E-state index in [1.165, 1.54) is 6.42 Å². The third kappa shape index (κ3) is 2.18. The van der Waals surface area contributed by atoms with Gasteiger partial charge < -0.3 is 10.1 Å². The number of rotatable bonds is 2. The summed E-state index contributed by atoms with van der Waals surface area (Å²) < 4.78 is 0. The number of H-pyrrole nitrogens is 1. The molecule has 4 nitrogen and oxygen atoms in total. The van der Waals surface area contributed by atoms with Gasteiger partial charge in [0.2, 0.25) is 0 Å². The number of carboxylic acid groups (broad SMARTS) is 1. The molecule has 1 fully saturated rings. The summed E-state index contributed by atoms with van der Waals surface area (Å²) in [6.07, 6.45) is 6.41. The van der Waals surface area contributed by atoms with Gasteiger partial charge in [0.25, 0.3) is 0 Å². The first-order valence-corrected chi connectivity index (χ1v) is 6.85. The Morgan fingerprint density at radius 1 is 1.21 bits per heavy atom. The number of hydrogen-bond donors (Lipinski definition) is 2. The van der Waals surface area contributed by atoms with Gasteiger partial charge in [-0.3, -0.25) is 4.90 Å². The fourth-order valence-electron chi connectivity index (χ4n) is 3.07. The number of amides is 1. The molecule has 1 heterocycles. The van der Waals surface area contributed by atoms with Crippen LogP contribution in [0.3, 0.4) is 0 Å². The second-order valence-electron chi connectivity index (χ2n) is 5.16. The number of nitrogens with zero attached hydrogens (tertiary/aromatic N) is 1. The van der Waals surface area contributed by atoms with Gasteiger partial charge >= 0.3 is 6.09 Å². The number of fused-ring (bicyclic) bond motifs is 1. The van der Waals surface area contributed by atoms with Crippen molar-refractivity contribution in [3.63, 3.8) is 0 Å². The summed E-state index contributed by atoms with van der Waals surface area (Å²) in [5, 5.41) is 10.6. The smallest absolute Gasteiger partial charge is 0.412 e. The highest BCUT2D eigenvalue weighted by molar-refractivity contribution is 6.00. The lowest BCUT2D eigenvalue weighted by atomic mass is 9.94. The molecule has 0 saturated heterocycles. The molecule has 0 spiro atoms. The molecule has 2 N–H and O–H groups in total. The SMILES string of the molecule is O=C(O)N(c1cccc2[nH]ccc12)C1CCCCC1. The van der Waals surface area contributed by atoms with Crippen molar-refractivity contribution in [1.82, 2.24) is 4.98 Å². The van der Waals surface area contributed by atoms with Crippen molar-refractivity contribution < 1.29 is 9.90 Å². The van der Waals surface area contributed by atoms with E-state index in [1.54, 1.807) is 4.90 Å². The highest BCUT2D eigenvalue weighted by atomic mass is 16.4. The molecule has 1 aliphatic rings. The van der Waals surface area contributed by atoms with Crippen molar-refractivity contribution >= 4 is 22.7 Å². The van der Waals surface area contributed by atoms with E-state index in [2.05, 4.69) is 4.98 Å². The van der Waals surface area contributed by atoms with Gasteiger partial charge in [0, 0.05) is 23.1 Å². The van der Waals surface area contributed by atoms with Crippen molar-refractivity contribution in [3.05, 3.63) is 30.5 Å². The second kappa shape index (κ2) is 4.96. The quantitative estimate of drug-likeness (QED) is 0.855. The Hall–Kier alpha value is -1.97. The minimum Gasteiger partial charge on any atom is -0.465 e. The van der Waals surface area contributed by atoms with Gasteiger partial charge in [-0.05, 0) is 31.0 Å². The molecule has 1 amide bonds. The number of carbonyl (C=O) groups is 1. The van der Waals surface area contributed by atoms with Crippen molar-refractivity contribution in [3.8, 4) is 0 Å². The van der Waals surface area contributed by atoms with Crippen LogP contribution in [0.1, 0.15) is 32.1 Å². The molecule has 4 heteroatoms. The van der Waals surface area contributed by atoms with E-state index in [0.29, 0.717) is 0 Å². The average molecular weight is 258 g/mol. The molecule has 0 aliphatic heterocycles. The molecule has 19 heavy (non-hydrogen) atoms.